The van der Waals surface area contributed by atoms with Crippen LogP contribution in [0.4, 0.5) is 9.18 Å². The highest BCUT2D eigenvalue weighted by Gasteiger charge is 2.30. The molecule has 5 nitrogen and oxygen atoms in total. The summed E-state index contributed by atoms with van der Waals surface area (Å²) < 4.78 is 18.5. The third-order valence-electron chi connectivity index (χ3n) is 3.07. The van der Waals surface area contributed by atoms with Gasteiger partial charge in [0.05, 0.1) is 13.2 Å². The monoisotopic (exact) mass is 267 g/mol. The highest BCUT2D eigenvalue weighted by Crippen LogP contribution is 2.25. The third kappa shape index (κ3) is 2.96. The molecule has 1 aromatic carbocycles. The number of carbonyl (C=O) groups excluding carboxylic acids is 1. The maximum atomic E-state index is 13.6. The molecule has 1 aliphatic rings. The quantitative estimate of drug-likeness (QED) is 0.862. The van der Waals surface area contributed by atoms with Gasteiger partial charge >= 0.3 is 6.03 Å². The molecule has 0 aliphatic carbocycles. The number of hydrogen-bond acceptors (Lipinski definition) is 3. The maximum absolute atomic E-state index is 13.6. The molecule has 1 fully saturated rings. The van der Waals surface area contributed by atoms with Gasteiger partial charge in [0, 0.05) is 19.1 Å². The Labute approximate surface area is 111 Å². The Morgan fingerprint density at radius 2 is 2.37 bits per heavy atom. The second kappa shape index (κ2) is 5.44. The van der Waals surface area contributed by atoms with E-state index in [2.05, 4.69) is 5.32 Å². The Balaban J connectivity index is 2.11. The second-order valence-corrected chi connectivity index (χ2v) is 4.78. The minimum atomic E-state index is -0.431. The molecule has 1 aromatic rings. The molecule has 0 bridgehead atoms. The number of halogens is 1. The van der Waals surface area contributed by atoms with Crippen LogP contribution in [0.15, 0.2) is 18.2 Å². The van der Waals surface area contributed by atoms with Gasteiger partial charge in [0.2, 0.25) is 0 Å². The summed E-state index contributed by atoms with van der Waals surface area (Å²) in [6.07, 6.45) is 0. The molecule has 0 saturated carbocycles. The first kappa shape index (κ1) is 13.6. The molecule has 1 heterocycles. The first-order chi connectivity index (χ1) is 9.01. The maximum Gasteiger partial charge on any atom is 0.318 e. The summed E-state index contributed by atoms with van der Waals surface area (Å²) in [5, 5.41) is 2.81. The molecule has 19 heavy (non-hydrogen) atoms. The molecule has 6 heteroatoms. The van der Waals surface area contributed by atoms with Crippen molar-refractivity contribution in [3.05, 3.63) is 29.6 Å². The highest BCUT2D eigenvalue weighted by molar-refractivity contribution is 5.77. The molecule has 1 saturated heterocycles. The van der Waals surface area contributed by atoms with Crippen LogP contribution in [0.1, 0.15) is 18.5 Å². The molecule has 0 radical (unpaired) electrons. The Hall–Kier alpha value is -1.82. The van der Waals surface area contributed by atoms with Gasteiger partial charge in [0.25, 0.3) is 0 Å². The average Bonchev–Trinajstić information content (AvgIpc) is 2.70. The van der Waals surface area contributed by atoms with Crippen molar-refractivity contribution in [2.75, 3.05) is 20.2 Å². The standard InChI is InChI=1S/C13H18FN3O2/c1-8(15)6-17-7-11(16-13(17)18)9-3-4-12(19-2)10(14)5-9/h3-5,8,11H,6-7,15H2,1-2H3,(H,16,18). The van der Waals surface area contributed by atoms with E-state index in [0.717, 1.165) is 5.56 Å². The smallest absolute Gasteiger partial charge is 0.318 e. The summed E-state index contributed by atoms with van der Waals surface area (Å²) in [4.78, 5) is 13.4. The van der Waals surface area contributed by atoms with E-state index in [1.165, 1.54) is 13.2 Å². The number of rotatable bonds is 4. The van der Waals surface area contributed by atoms with Gasteiger partial charge in [-0.2, -0.15) is 0 Å². The molecular formula is C13H18FN3O2. The van der Waals surface area contributed by atoms with Crippen LogP contribution in [0.25, 0.3) is 0 Å². The average molecular weight is 267 g/mol. The van der Waals surface area contributed by atoms with Crippen molar-refractivity contribution in [2.45, 2.75) is 19.0 Å². The van der Waals surface area contributed by atoms with Gasteiger partial charge < -0.3 is 20.7 Å². The van der Waals surface area contributed by atoms with Gasteiger partial charge in [-0.05, 0) is 24.6 Å². The lowest BCUT2D eigenvalue weighted by molar-refractivity contribution is 0.215. The molecule has 0 aromatic heterocycles. The van der Waals surface area contributed by atoms with Crippen molar-refractivity contribution in [1.29, 1.82) is 0 Å². The summed E-state index contributed by atoms with van der Waals surface area (Å²) in [6.45, 7) is 2.82. The number of hydrogen-bond donors (Lipinski definition) is 2. The van der Waals surface area contributed by atoms with Crippen molar-refractivity contribution >= 4 is 6.03 Å². The lowest BCUT2D eigenvalue weighted by Crippen LogP contribution is -2.37. The van der Waals surface area contributed by atoms with E-state index < -0.39 is 5.82 Å². The van der Waals surface area contributed by atoms with Crippen LogP contribution in [0.2, 0.25) is 0 Å². The minimum Gasteiger partial charge on any atom is -0.494 e. The Morgan fingerprint density at radius 1 is 1.63 bits per heavy atom. The van der Waals surface area contributed by atoms with E-state index in [1.54, 1.807) is 17.0 Å². The Bertz CT molecular complexity index is 479. The second-order valence-electron chi connectivity index (χ2n) is 4.78. The summed E-state index contributed by atoms with van der Waals surface area (Å²) in [5.74, 6) is -0.236. The van der Waals surface area contributed by atoms with E-state index in [1.807, 2.05) is 6.92 Å². The Kier molecular flexibility index (Phi) is 3.90. The first-order valence-electron chi connectivity index (χ1n) is 6.15. The van der Waals surface area contributed by atoms with Crippen LogP contribution in [-0.2, 0) is 0 Å². The van der Waals surface area contributed by atoms with E-state index in [9.17, 15) is 9.18 Å². The fourth-order valence-corrected chi connectivity index (χ4v) is 2.18. The largest absolute Gasteiger partial charge is 0.494 e. The zero-order valence-electron chi connectivity index (χ0n) is 11.0. The molecule has 2 unspecified atom stereocenters. The molecule has 2 amide bonds. The number of carbonyl (C=O) groups is 1. The summed E-state index contributed by atoms with van der Waals surface area (Å²) in [6, 6.07) is 4.23. The highest BCUT2D eigenvalue weighted by atomic mass is 19.1. The predicted octanol–water partition coefficient (Wildman–Crippen LogP) is 1.25. The van der Waals surface area contributed by atoms with Crippen LogP contribution in [0, 0.1) is 5.82 Å². The predicted molar refractivity (Wildman–Crippen MR) is 69.4 cm³/mol. The molecule has 104 valence electrons. The van der Waals surface area contributed by atoms with Crippen LogP contribution in [-0.4, -0.2) is 37.2 Å². The van der Waals surface area contributed by atoms with Gasteiger partial charge in [0.15, 0.2) is 11.6 Å². The van der Waals surface area contributed by atoms with Gasteiger partial charge in [-0.3, -0.25) is 0 Å². The zero-order valence-corrected chi connectivity index (χ0v) is 11.0. The number of ether oxygens (including phenoxy) is 1. The van der Waals surface area contributed by atoms with Crippen LogP contribution in [0.5, 0.6) is 5.75 Å². The lowest BCUT2D eigenvalue weighted by atomic mass is 10.1. The van der Waals surface area contributed by atoms with Crippen molar-refractivity contribution in [3.63, 3.8) is 0 Å². The summed E-state index contributed by atoms with van der Waals surface area (Å²) in [7, 11) is 1.42. The first-order valence-corrected chi connectivity index (χ1v) is 6.15. The number of nitrogens with two attached hydrogens (primary N) is 1. The van der Waals surface area contributed by atoms with E-state index in [0.29, 0.717) is 13.1 Å². The van der Waals surface area contributed by atoms with Gasteiger partial charge in [-0.15, -0.1) is 0 Å². The minimum absolute atomic E-state index is 0.0860. The number of nitrogens with one attached hydrogen (secondary N) is 1. The SMILES string of the molecule is COc1ccc(C2CN(CC(C)N)C(=O)N2)cc1F. The summed E-state index contributed by atoms with van der Waals surface area (Å²) in [5.41, 5.74) is 6.40. The van der Waals surface area contributed by atoms with E-state index >= 15 is 0 Å². The molecule has 3 N–H and O–H groups in total. The summed E-state index contributed by atoms with van der Waals surface area (Å²) >= 11 is 0. The molecule has 2 rings (SSSR count). The number of benzene rings is 1. The lowest BCUT2D eigenvalue weighted by Gasteiger charge is -2.17. The fraction of sp³-hybridized carbons (Fsp3) is 0.462. The van der Waals surface area contributed by atoms with Gasteiger partial charge in [-0.1, -0.05) is 6.07 Å². The van der Waals surface area contributed by atoms with Crippen molar-refractivity contribution in [1.82, 2.24) is 10.2 Å². The molecule has 2 atom stereocenters. The molecule has 0 spiro atoms. The van der Waals surface area contributed by atoms with Crippen molar-refractivity contribution < 1.29 is 13.9 Å². The Morgan fingerprint density at radius 3 is 2.95 bits per heavy atom. The number of methoxy groups -OCH3 is 1. The molecule has 1 aliphatic heterocycles. The van der Waals surface area contributed by atoms with Crippen LogP contribution < -0.4 is 15.8 Å². The van der Waals surface area contributed by atoms with Crippen molar-refractivity contribution in [2.24, 2.45) is 5.73 Å². The van der Waals surface area contributed by atoms with Crippen LogP contribution >= 0.6 is 0 Å². The van der Waals surface area contributed by atoms with Gasteiger partial charge in [0.1, 0.15) is 0 Å². The number of urea groups is 1. The fourth-order valence-electron chi connectivity index (χ4n) is 2.18. The van der Waals surface area contributed by atoms with Gasteiger partial charge in [-0.25, -0.2) is 9.18 Å². The van der Waals surface area contributed by atoms with Crippen molar-refractivity contribution in [3.8, 4) is 5.75 Å². The van der Waals surface area contributed by atoms with E-state index in [-0.39, 0.29) is 23.9 Å². The topological polar surface area (TPSA) is 67.6 Å². The van der Waals surface area contributed by atoms with Crippen LogP contribution in [0.3, 0.4) is 0 Å². The number of amides is 2. The normalized spacial score (nSPS) is 20.3. The number of nitrogens with zero attached hydrogens (tertiary/aromatic N) is 1. The third-order valence-corrected chi connectivity index (χ3v) is 3.07. The van der Waals surface area contributed by atoms with E-state index in [4.69, 9.17) is 10.5 Å². The zero-order chi connectivity index (χ0) is 14.0. The molecular weight excluding hydrogens is 249 g/mol.